The summed E-state index contributed by atoms with van der Waals surface area (Å²) in [5.74, 6) is 2.65. The standard InChI is InChI=1S/C24H27NO2/c1-2-10-20-19-23(27-22-13-7-4-8-14-22)15-16-24(20)26-18-9-17-25-21-11-5-3-6-12-21/h3-8,11-16,19,25H,2,9-10,17-18H2,1H3. The van der Waals surface area contributed by atoms with Crippen molar-refractivity contribution in [2.24, 2.45) is 0 Å². The third kappa shape index (κ3) is 6.07. The van der Waals surface area contributed by atoms with Gasteiger partial charge in [-0.05, 0) is 60.9 Å². The average molecular weight is 361 g/mol. The molecule has 0 saturated carbocycles. The van der Waals surface area contributed by atoms with E-state index in [2.05, 4.69) is 30.4 Å². The van der Waals surface area contributed by atoms with Crippen LogP contribution in [0.5, 0.6) is 17.2 Å². The van der Waals surface area contributed by atoms with Crippen molar-refractivity contribution >= 4 is 5.69 Å². The first kappa shape index (κ1) is 18.8. The van der Waals surface area contributed by atoms with E-state index in [4.69, 9.17) is 9.47 Å². The lowest BCUT2D eigenvalue weighted by Crippen LogP contribution is -2.08. The van der Waals surface area contributed by atoms with Crippen LogP contribution in [0.4, 0.5) is 5.69 Å². The van der Waals surface area contributed by atoms with Crippen LogP contribution in [0.1, 0.15) is 25.3 Å². The lowest BCUT2D eigenvalue weighted by molar-refractivity contribution is 0.311. The van der Waals surface area contributed by atoms with Gasteiger partial charge in [-0.3, -0.25) is 0 Å². The van der Waals surface area contributed by atoms with Gasteiger partial charge in [-0.25, -0.2) is 0 Å². The van der Waals surface area contributed by atoms with E-state index in [1.165, 1.54) is 5.56 Å². The van der Waals surface area contributed by atoms with Crippen molar-refractivity contribution in [1.82, 2.24) is 0 Å². The first-order valence-corrected chi connectivity index (χ1v) is 9.62. The smallest absolute Gasteiger partial charge is 0.127 e. The topological polar surface area (TPSA) is 30.5 Å². The Balaban J connectivity index is 1.53. The number of benzene rings is 3. The fraction of sp³-hybridized carbons (Fsp3) is 0.250. The molecule has 0 aromatic heterocycles. The molecular weight excluding hydrogens is 334 g/mol. The molecule has 0 radical (unpaired) electrons. The van der Waals surface area contributed by atoms with Gasteiger partial charge < -0.3 is 14.8 Å². The zero-order chi connectivity index (χ0) is 18.7. The van der Waals surface area contributed by atoms with Crippen LogP contribution in [-0.2, 0) is 6.42 Å². The van der Waals surface area contributed by atoms with Crippen molar-refractivity contribution in [3.05, 3.63) is 84.4 Å². The summed E-state index contributed by atoms with van der Waals surface area (Å²) in [6, 6.07) is 26.2. The molecule has 0 amide bonds. The van der Waals surface area contributed by atoms with Crippen molar-refractivity contribution in [3.63, 3.8) is 0 Å². The molecule has 0 saturated heterocycles. The van der Waals surface area contributed by atoms with E-state index in [1.807, 2.05) is 60.7 Å². The minimum atomic E-state index is 0.690. The van der Waals surface area contributed by atoms with Crippen LogP contribution in [0.25, 0.3) is 0 Å². The molecule has 0 fully saturated rings. The van der Waals surface area contributed by atoms with Gasteiger partial charge in [-0.1, -0.05) is 49.7 Å². The van der Waals surface area contributed by atoms with E-state index in [0.29, 0.717) is 6.61 Å². The Morgan fingerprint density at radius 1 is 0.815 bits per heavy atom. The summed E-state index contributed by atoms with van der Waals surface area (Å²) in [4.78, 5) is 0. The van der Waals surface area contributed by atoms with Crippen LogP contribution < -0.4 is 14.8 Å². The molecule has 3 aromatic rings. The largest absolute Gasteiger partial charge is 0.493 e. The Kier molecular flexibility index (Phi) is 7.16. The van der Waals surface area contributed by atoms with Crippen molar-refractivity contribution in [2.75, 3.05) is 18.5 Å². The zero-order valence-electron chi connectivity index (χ0n) is 15.9. The Labute approximate surface area is 162 Å². The zero-order valence-corrected chi connectivity index (χ0v) is 15.9. The highest BCUT2D eigenvalue weighted by molar-refractivity contribution is 5.43. The molecule has 0 bridgehead atoms. The second-order valence-electron chi connectivity index (χ2n) is 6.43. The highest BCUT2D eigenvalue weighted by Crippen LogP contribution is 2.28. The summed E-state index contributed by atoms with van der Waals surface area (Å²) in [6.07, 6.45) is 2.99. The molecule has 0 spiro atoms. The first-order valence-electron chi connectivity index (χ1n) is 9.62. The molecule has 27 heavy (non-hydrogen) atoms. The number of rotatable bonds is 10. The quantitative estimate of drug-likeness (QED) is 0.429. The van der Waals surface area contributed by atoms with E-state index < -0.39 is 0 Å². The maximum Gasteiger partial charge on any atom is 0.127 e. The van der Waals surface area contributed by atoms with Gasteiger partial charge in [0.2, 0.25) is 0 Å². The van der Waals surface area contributed by atoms with Gasteiger partial charge in [0.1, 0.15) is 17.2 Å². The molecule has 3 aromatic carbocycles. The average Bonchev–Trinajstić information content (AvgIpc) is 2.71. The van der Waals surface area contributed by atoms with Gasteiger partial charge in [-0.15, -0.1) is 0 Å². The summed E-state index contributed by atoms with van der Waals surface area (Å²) >= 11 is 0. The second kappa shape index (κ2) is 10.3. The van der Waals surface area contributed by atoms with Crippen LogP contribution in [0.3, 0.4) is 0 Å². The number of nitrogens with one attached hydrogen (secondary N) is 1. The number of ether oxygens (including phenoxy) is 2. The lowest BCUT2D eigenvalue weighted by atomic mass is 10.1. The number of para-hydroxylation sites is 2. The van der Waals surface area contributed by atoms with Gasteiger partial charge >= 0.3 is 0 Å². The maximum atomic E-state index is 6.04. The summed E-state index contributed by atoms with van der Waals surface area (Å²) in [5, 5.41) is 3.41. The Morgan fingerprint density at radius 2 is 1.56 bits per heavy atom. The molecule has 0 aliphatic heterocycles. The predicted molar refractivity (Wildman–Crippen MR) is 112 cm³/mol. The van der Waals surface area contributed by atoms with E-state index in [1.54, 1.807) is 0 Å². The van der Waals surface area contributed by atoms with Gasteiger partial charge in [0.15, 0.2) is 0 Å². The number of aryl methyl sites for hydroxylation is 1. The van der Waals surface area contributed by atoms with Crippen molar-refractivity contribution < 1.29 is 9.47 Å². The predicted octanol–water partition coefficient (Wildman–Crippen LogP) is 6.31. The fourth-order valence-corrected chi connectivity index (χ4v) is 2.89. The number of anilines is 1. The van der Waals surface area contributed by atoms with Crippen molar-refractivity contribution in [1.29, 1.82) is 0 Å². The normalized spacial score (nSPS) is 10.4. The van der Waals surface area contributed by atoms with E-state index in [9.17, 15) is 0 Å². The number of hydrogen-bond donors (Lipinski definition) is 1. The first-order chi connectivity index (χ1) is 13.3. The molecule has 3 rings (SSSR count). The van der Waals surface area contributed by atoms with E-state index in [0.717, 1.165) is 48.7 Å². The SMILES string of the molecule is CCCc1cc(Oc2ccccc2)ccc1OCCCNc1ccccc1. The molecule has 3 nitrogen and oxygen atoms in total. The summed E-state index contributed by atoms with van der Waals surface area (Å²) in [7, 11) is 0. The van der Waals surface area contributed by atoms with E-state index in [-0.39, 0.29) is 0 Å². The van der Waals surface area contributed by atoms with Crippen LogP contribution >= 0.6 is 0 Å². The highest BCUT2D eigenvalue weighted by atomic mass is 16.5. The van der Waals surface area contributed by atoms with Crippen LogP contribution in [0.2, 0.25) is 0 Å². The maximum absolute atomic E-state index is 6.04. The van der Waals surface area contributed by atoms with Gasteiger partial charge in [0, 0.05) is 12.2 Å². The van der Waals surface area contributed by atoms with Crippen LogP contribution in [-0.4, -0.2) is 13.2 Å². The minimum absolute atomic E-state index is 0.690. The third-order valence-corrected chi connectivity index (χ3v) is 4.21. The molecule has 0 heterocycles. The number of hydrogen-bond acceptors (Lipinski definition) is 3. The fourth-order valence-electron chi connectivity index (χ4n) is 2.89. The second-order valence-corrected chi connectivity index (χ2v) is 6.43. The molecule has 0 aliphatic carbocycles. The van der Waals surface area contributed by atoms with Gasteiger partial charge in [0.05, 0.1) is 6.61 Å². The summed E-state index contributed by atoms with van der Waals surface area (Å²) in [6.45, 7) is 3.76. The monoisotopic (exact) mass is 361 g/mol. The van der Waals surface area contributed by atoms with Crippen molar-refractivity contribution in [3.8, 4) is 17.2 Å². The molecule has 140 valence electrons. The van der Waals surface area contributed by atoms with Crippen LogP contribution in [0, 0.1) is 0 Å². The van der Waals surface area contributed by atoms with Crippen molar-refractivity contribution in [2.45, 2.75) is 26.2 Å². The molecule has 0 unspecified atom stereocenters. The Bertz CT molecular complexity index is 803. The summed E-state index contributed by atoms with van der Waals surface area (Å²) < 4.78 is 12.0. The Morgan fingerprint density at radius 3 is 2.30 bits per heavy atom. The third-order valence-electron chi connectivity index (χ3n) is 4.21. The van der Waals surface area contributed by atoms with E-state index >= 15 is 0 Å². The highest BCUT2D eigenvalue weighted by Gasteiger charge is 2.06. The molecule has 3 heteroatoms. The molecule has 1 N–H and O–H groups in total. The van der Waals surface area contributed by atoms with Gasteiger partial charge in [0.25, 0.3) is 0 Å². The summed E-state index contributed by atoms with van der Waals surface area (Å²) in [5.41, 5.74) is 2.34. The minimum Gasteiger partial charge on any atom is -0.493 e. The lowest BCUT2D eigenvalue weighted by Gasteiger charge is -2.14. The molecular formula is C24H27NO2. The van der Waals surface area contributed by atoms with Crippen LogP contribution in [0.15, 0.2) is 78.9 Å². The molecule has 0 aliphatic rings. The van der Waals surface area contributed by atoms with Gasteiger partial charge in [-0.2, -0.15) is 0 Å². The molecule has 0 atom stereocenters. The Hall–Kier alpha value is -2.94.